The van der Waals surface area contributed by atoms with E-state index in [-0.39, 0.29) is 23.7 Å². The molecule has 114 valence electrons. The Morgan fingerprint density at radius 1 is 1.09 bits per heavy atom. The van der Waals surface area contributed by atoms with Crippen LogP contribution in [0, 0.1) is 5.82 Å². The molecule has 0 radical (unpaired) electrons. The summed E-state index contributed by atoms with van der Waals surface area (Å²) in [5.74, 6) is -0.772. The predicted octanol–water partition coefficient (Wildman–Crippen LogP) is 3.28. The predicted molar refractivity (Wildman–Crippen MR) is 83.0 cm³/mol. The summed E-state index contributed by atoms with van der Waals surface area (Å²) in [6, 6.07) is 12.4. The molecule has 0 heterocycles. The van der Waals surface area contributed by atoms with Gasteiger partial charge in [0.2, 0.25) is 5.91 Å². The van der Waals surface area contributed by atoms with Crippen LogP contribution in [0.15, 0.2) is 48.5 Å². The van der Waals surface area contributed by atoms with Gasteiger partial charge in [0.1, 0.15) is 5.82 Å². The number of hydrogen-bond acceptors (Lipinski definition) is 2. The zero-order valence-corrected chi connectivity index (χ0v) is 12.4. The third kappa shape index (κ3) is 4.15. The van der Waals surface area contributed by atoms with E-state index in [2.05, 4.69) is 10.6 Å². The highest BCUT2D eigenvalue weighted by molar-refractivity contribution is 5.96. The first-order valence-electron chi connectivity index (χ1n) is 6.89. The lowest BCUT2D eigenvalue weighted by molar-refractivity contribution is -0.114. The molecule has 2 amide bonds. The second-order valence-corrected chi connectivity index (χ2v) is 5.01. The number of nitrogens with one attached hydrogen (secondary N) is 2. The molecule has 4 nitrogen and oxygen atoms in total. The zero-order chi connectivity index (χ0) is 16.1. The molecule has 0 saturated carbocycles. The van der Waals surface area contributed by atoms with Crippen molar-refractivity contribution in [3.05, 3.63) is 65.5 Å². The smallest absolute Gasteiger partial charge is 0.251 e. The van der Waals surface area contributed by atoms with Crippen LogP contribution in [0.4, 0.5) is 10.1 Å². The van der Waals surface area contributed by atoms with Crippen LogP contribution in [0.1, 0.15) is 35.8 Å². The third-order valence-corrected chi connectivity index (χ3v) is 3.16. The van der Waals surface area contributed by atoms with E-state index in [0.29, 0.717) is 11.3 Å². The van der Waals surface area contributed by atoms with Gasteiger partial charge in [-0.3, -0.25) is 9.59 Å². The maximum Gasteiger partial charge on any atom is 0.251 e. The van der Waals surface area contributed by atoms with E-state index in [1.165, 1.54) is 19.1 Å². The summed E-state index contributed by atoms with van der Waals surface area (Å²) in [5.41, 5.74) is 1.82. The van der Waals surface area contributed by atoms with E-state index in [0.717, 1.165) is 5.56 Å². The van der Waals surface area contributed by atoms with Crippen molar-refractivity contribution in [2.75, 3.05) is 5.32 Å². The third-order valence-electron chi connectivity index (χ3n) is 3.16. The number of amides is 2. The van der Waals surface area contributed by atoms with E-state index in [4.69, 9.17) is 0 Å². The Morgan fingerprint density at radius 2 is 1.77 bits per heavy atom. The fourth-order valence-electron chi connectivity index (χ4n) is 2.06. The number of rotatable bonds is 4. The summed E-state index contributed by atoms with van der Waals surface area (Å²) in [6.45, 7) is 3.23. The molecule has 0 saturated heterocycles. The second-order valence-electron chi connectivity index (χ2n) is 5.01. The molecule has 5 heteroatoms. The molecule has 2 N–H and O–H groups in total. The summed E-state index contributed by atoms with van der Waals surface area (Å²) in [4.78, 5) is 23.3. The molecule has 2 aromatic rings. The molecule has 2 rings (SSSR count). The molecule has 0 aliphatic rings. The van der Waals surface area contributed by atoms with Gasteiger partial charge in [-0.05, 0) is 42.8 Å². The van der Waals surface area contributed by atoms with Gasteiger partial charge in [0.05, 0.1) is 6.04 Å². The number of hydrogen-bond donors (Lipinski definition) is 2. The van der Waals surface area contributed by atoms with Gasteiger partial charge in [0.25, 0.3) is 5.91 Å². The lowest BCUT2D eigenvalue weighted by atomic mass is 10.1. The van der Waals surface area contributed by atoms with Gasteiger partial charge in [-0.2, -0.15) is 0 Å². The summed E-state index contributed by atoms with van der Waals surface area (Å²) in [7, 11) is 0. The molecular formula is C17H17FN2O2. The van der Waals surface area contributed by atoms with Crippen LogP contribution < -0.4 is 10.6 Å². The Labute approximate surface area is 128 Å². The largest absolute Gasteiger partial charge is 0.346 e. The SMILES string of the molecule is CC(=O)Nc1cccc(C(=O)N[C@@H](C)c2ccc(F)cc2)c1. The normalized spacial score (nSPS) is 11.6. The minimum atomic E-state index is -0.315. The molecule has 0 unspecified atom stereocenters. The molecule has 0 aliphatic heterocycles. The molecule has 0 fully saturated rings. The highest BCUT2D eigenvalue weighted by atomic mass is 19.1. The summed E-state index contributed by atoms with van der Waals surface area (Å²) >= 11 is 0. The van der Waals surface area contributed by atoms with Crippen molar-refractivity contribution in [3.63, 3.8) is 0 Å². The van der Waals surface area contributed by atoms with Gasteiger partial charge in [0, 0.05) is 18.2 Å². The molecule has 0 aromatic heterocycles. The summed E-state index contributed by atoms with van der Waals surface area (Å²) < 4.78 is 12.9. The Balaban J connectivity index is 2.08. The average molecular weight is 300 g/mol. The Morgan fingerprint density at radius 3 is 2.41 bits per heavy atom. The minimum Gasteiger partial charge on any atom is -0.346 e. The number of carbonyl (C=O) groups is 2. The van der Waals surface area contributed by atoms with Crippen molar-refractivity contribution in [1.29, 1.82) is 0 Å². The van der Waals surface area contributed by atoms with Crippen LogP contribution in [-0.4, -0.2) is 11.8 Å². The van der Waals surface area contributed by atoms with Crippen LogP contribution in [0.3, 0.4) is 0 Å². The molecule has 2 aromatic carbocycles. The van der Waals surface area contributed by atoms with Crippen LogP contribution in [0.2, 0.25) is 0 Å². The summed E-state index contributed by atoms with van der Waals surface area (Å²) in [6.07, 6.45) is 0. The van der Waals surface area contributed by atoms with E-state index in [1.54, 1.807) is 36.4 Å². The fourth-order valence-corrected chi connectivity index (χ4v) is 2.06. The fraction of sp³-hybridized carbons (Fsp3) is 0.176. The minimum absolute atomic E-state index is 0.197. The van der Waals surface area contributed by atoms with Gasteiger partial charge in [-0.25, -0.2) is 4.39 Å². The molecule has 0 spiro atoms. The Hall–Kier alpha value is -2.69. The lowest BCUT2D eigenvalue weighted by Crippen LogP contribution is -2.26. The number of halogens is 1. The first-order chi connectivity index (χ1) is 10.5. The topological polar surface area (TPSA) is 58.2 Å². The van der Waals surface area contributed by atoms with Crippen LogP contribution in [0.5, 0.6) is 0 Å². The van der Waals surface area contributed by atoms with E-state index >= 15 is 0 Å². The highest BCUT2D eigenvalue weighted by Gasteiger charge is 2.12. The van der Waals surface area contributed by atoms with Crippen molar-refractivity contribution in [1.82, 2.24) is 5.32 Å². The molecule has 22 heavy (non-hydrogen) atoms. The Kier molecular flexibility index (Phi) is 4.88. The van der Waals surface area contributed by atoms with Crippen LogP contribution in [-0.2, 0) is 4.79 Å². The van der Waals surface area contributed by atoms with E-state index in [9.17, 15) is 14.0 Å². The number of carbonyl (C=O) groups excluding carboxylic acids is 2. The van der Waals surface area contributed by atoms with Gasteiger partial charge in [0.15, 0.2) is 0 Å². The second kappa shape index (κ2) is 6.85. The molecule has 0 bridgehead atoms. The molecular weight excluding hydrogens is 283 g/mol. The monoisotopic (exact) mass is 300 g/mol. The van der Waals surface area contributed by atoms with Crippen LogP contribution in [0.25, 0.3) is 0 Å². The van der Waals surface area contributed by atoms with Gasteiger partial charge in [-0.15, -0.1) is 0 Å². The summed E-state index contributed by atoms with van der Waals surface area (Å²) in [5, 5.41) is 5.47. The standard InChI is InChI=1S/C17H17FN2O2/c1-11(13-6-8-15(18)9-7-13)19-17(22)14-4-3-5-16(10-14)20-12(2)21/h3-11H,1-2H3,(H,19,22)(H,20,21)/t11-/m0/s1. The van der Waals surface area contributed by atoms with Crippen molar-refractivity contribution in [3.8, 4) is 0 Å². The van der Waals surface area contributed by atoms with Crippen LogP contribution >= 0.6 is 0 Å². The average Bonchev–Trinajstić information content (AvgIpc) is 2.47. The van der Waals surface area contributed by atoms with Gasteiger partial charge < -0.3 is 10.6 Å². The van der Waals surface area contributed by atoms with E-state index in [1.807, 2.05) is 6.92 Å². The highest BCUT2D eigenvalue weighted by Crippen LogP contribution is 2.15. The van der Waals surface area contributed by atoms with Gasteiger partial charge in [-0.1, -0.05) is 18.2 Å². The maximum absolute atomic E-state index is 12.9. The van der Waals surface area contributed by atoms with Crippen molar-refractivity contribution < 1.29 is 14.0 Å². The number of anilines is 1. The quantitative estimate of drug-likeness (QED) is 0.910. The van der Waals surface area contributed by atoms with Crippen molar-refractivity contribution >= 4 is 17.5 Å². The van der Waals surface area contributed by atoms with E-state index < -0.39 is 0 Å². The first kappa shape index (κ1) is 15.7. The molecule has 1 atom stereocenters. The lowest BCUT2D eigenvalue weighted by Gasteiger charge is -2.15. The molecule has 0 aliphatic carbocycles. The Bertz CT molecular complexity index is 683. The first-order valence-corrected chi connectivity index (χ1v) is 6.89. The maximum atomic E-state index is 12.9. The van der Waals surface area contributed by atoms with Gasteiger partial charge >= 0.3 is 0 Å². The number of benzene rings is 2. The van der Waals surface area contributed by atoms with Crippen molar-refractivity contribution in [2.24, 2.45) is 0 Å². The van der Waals surface area contributed by atoms with Crippen molar-refractivity contribution in [2.45, 2.75) is 19.9 Å². The zero-order valence-electron chi connectivity index (χ0n) is 12.4.